The average Bonchev–Trinajstić information content (AvgIpc) is 3.49. The van der Waals surface area contributed by atoms with Crippen molar-refractivity contribution in [3.05, 3.63) is 78.1 Å². The first-order valence-corrected chi connectivity index (χ1v) is 14.2. The second kappa shape index (κ2) is 11.9. The summed E-state index contributed by atoms with van der Waals surface area (Å²) in [7, 11) is -4.31. The number of anilines is 2. The quantitative estimate of drug-likeness (QED) is 0.405. The Balaban J connectivity index is 1.37. The van der Waals surface area contributed by atoms with Crippen LogP contribution in [-0.2, 0) is 19.6 Å². The summed E-state index contributed by atoms with van der Waals surface area (Å²) in [5.74, 6) is -0.993. The van der Waals surface area contributed by atoms with Crippen LogP contribution in [0.1, 0.15) is 23.2 Å². The van der Waals surface area contributed by atoms with Crippen LogP contribution < -0.4 is 24.4 Å². The number of para-hydroxylation sites is 1. The highest BCUT2D eigenvalue weighted by atomic mass is 32.2. The van der Waals surface area contributed by atoms with Crippen molar-refractivity contribution in [1.82, 2.24) is 5.32 Å². The molecule has 0 saturated carbocycles. The van der Waals surface area contributed by atoms with Crippen LogP contribution in [0.3, 0.4) is 0 Å². The van der Waals surface area contributed by atoms with Gasteiger partial charge in [-0.1, -0.05) is 12.1 Å². The van der Waals surface area contributed by atoms with Crippen molar-refractivity contribution in [2.75, 3.05) is 42.5 Å². The summed E-state index contributed by atoms with van der Waals surface area (Å²) in [6, 6.07) is 15.3. The monoisotopic (exact) mass is 569 g/mol. The van der Waals surface area contributed by atoms with E-state index < -0.39 is 34.2 Å². The number of halogens is 1. The zero-order valence-electron chi connectivity index (χ0n) is 21.5. The number of benzene rings is 3. The van der Waals surface area contributed by atoms with Gasteiger partial charge in [-0.15, -0.1) is 0 Å². The highest BCUT2D eigenvalue weighted by molar-refractivity contribution is 7.92. The predicted octanol–water partition coefficient (Wildman–Crippen LogP) is 3.34. The molecule has 0 aliphatic carbocycles. The number of hydrogen-bond acceptors (Lipinski definition) is 7. The van der Waals surface area contributed by atoms with E-state index in [1.807, 2.05) is 0 Å². The summed E-state index contributed by atoms with van der Waals surface area (Å²) in [4.78, 5) is 26.0. The van der Waals surface area contributed by atoms with Gasteiger partial charge in [-0.05, 0) is 61.4 Å². The molecule has 40 heavy (non-hydrogen) atoms. The fourth-order valence-electron chi connectivity index (χ4n) is 4.45. The van der Waals surface area contributed by atoms with Gasteiger partial charge in [0, 0.05) is 19.2 Å². The molecule has 5 rings (SSSR count). The summed E-state index contributed by atoms with van der Waals surface area (Å²) >= 11 is 0. The molecule has 1 fully saturated rings. The third kappa shape index (κ3) is 6.18. The molecule has 0 bridgehead atoms. The molecule has 2 heterocycles. The molecule has 210 valence electrons. The molecule has 3 aromatic carbocycles. The third-order valence-corrected chi connectivity index (χ3v) is 8.23. The summed E-state index contributed by atoms with van der Waals surface area (Å²) in [5, 5.41) is 5.47. The van der Waals surface area contributed by atoms with Crippen molar-refractivity contribution in [2.45, 2.75) is 23.8 Å². The fourth-order valence-corrected chi connectivity index (χ4v) is 5.89. The minimum absolute atomic E-state index is 0.0549. The lowest BCUT2D eigenvalue weighted by Gasteiger charge is -2.25. The molecule has 3 aromatic rings. The number of sulfonamides is 1. The molecule has 0 radical (unpaired) electrons. The Hall–Kier alpha value is -4.16. The molecule has 2 amide bonds. The van der Waals surface area contributed by atoms with Gasteiger partial charge < -0.3 is 24.8 Å². The number of nitrogens with zero attached hydrogens (tertiary/aromatic N) is 1. The molecule has 2 N–H and O–H groups in total. The maximum Gasteiger partial charge on any atom is 0.264 e. The first kappa shape index (κ1) is 27.4. The number of carbonyl (C=O) groups is 2. The second-order valence-corrected chi connectivity index (χ2v) is 11.1. The molecule has 0 spiro atoms. The van der Waals surface area contributed by atoms with E-state index in [2.05, 4.69) is 10.6 Å². The van der Waals surface area contributed by atoms with Crippen molar-refractivity contribution in [1.29, 1.82) is 0 Å². The Bertz CT molecular complexity index is 1490. The molecular weight excluding hydrogens is 541 g/mol. The van der Waals surface area contributed by atoms with E-state index in [0.717, 1.165) is 29.3 Å². The smallest absolute Gasteiger partial charge is 0.264 e. The minimum atomic E-state index is -4.31. The van der Waals surface area contributed by atoms with E-state index in [1.54, 1.807) is 24.3 Å². The van der Waals surface area contributed by atoms with Crippen molar-refractivity contribution in [2.24, 2.45) is 0 Å². The molecule has 2 aliphatic heterocycles. The average molecular weight is 570 g/mol. The lowest BCUT2D eigenvalue weighted by atomic mass is 10.1. The lowest BCUT2D eigenvalue weighted by Crippen LogP contribution is -2.38. The largest absolute Gasteiger partial charge is 0.486 e. The topological polar surface area (TPSA) is 123 Å². The van der Waals surface area contributed by atoms with Crippen LogP contribution in [0, 0.1) is 5.82 Å². The van der Waals surface area contributed by atoms with Crippen LogP contribution in [0.4, 0.5) is 15.8 Å². The Kier molecular flexibility index (Phi) is 8.17. The van der Waals surface area contributed by atoms with Gasteiger partial charge in [0.2, 0.25) is 5.91 Å². The highest BCUT2D eigenvalue weighted by Gasteiger charge is 2.29. The standard InChI is InChI=1S/C28H28FN3O7S/c29-19-7-9-20(10-8-19)32(40(35,36)22-11-12-25-26(16-22)39-15-14-38-25)18-27(33)31-24-6-2-1-5-23(24)28(34)30-17-21-4-3-13-37-21/h1-2,5-12,16,21H,3-4,13-15,17-18H2,(H,30,34)(H,31,33)/t21-/m1/s1. The fraction of sp³-hybridized carbons (Fsp3) is 0.286. The Labute approximate surface area is 231 Å². The molecule has 12 heteroatoms. The van der Waals surface area contributed by atoms with E-state index in [4.69, 9.17) is 14.2 Å². The number of carbonyl (C=O) groups excluding carboxylic acids is 2. The minimum Gasteiger partial charge on any atom is -0.486 e. The number of fused-ring (bicyclic) bond motifs is 1. The van der Waals surface area contributed by atoms with Crippen molar-refractivity contribution in [3.63, 3.8) is 0 Å². The van der Waals surface area contributed by atoms with Crippen LogP contribution in [0.15, 0.2) is 71.6 Å². The van der Waals surface area contributed by atoms with E-state index >= 15 is 0 Å². The summed E-state index contributed by atoms with van der Waals surface area (Å²) in [5.41, 5.74) is 0.513. The van der Waals surface area contributed by atoms with Crippen LogP contribution in [0.2, 0.25) is 0 Å². The second-order valence-electron chi connectivity index (χ2n) is 9.23. The van der Waals surface area contributed by atoms with Crippen molar-refractivity contribution < 1.29 is 36.6 Å². The zero-order valence-corrected chi connectivity index (χ0v) is 22.3. The maximum absolute atomic E-state index is 13.8. The van der Waals surface area contributed by atoms with E-state index in [9.17, 15) is 22.4 Å². The van der Waals surface area contributed by atoms with Gasteiger partial charge in [0.1, 0.15) is 25.6 Å². The summed E-state index contributed by atoms with van der Waals surface area (Å²) < 4.78 is 58.6. The Morgan fingerprint density at radius 2 is 1.70 bits per heavy atom. The van der Waals surface area contributed by atoms with Crippen molar-refractivity contribution in [3.8, 4) is 11.5 Å². The molecule has 0 aromatic heterocycles. The maximum atomic E-state index is 13.8. The van der Waals surface area contributed by atoms with Crippen LogP contribution in [-0.4, -0.2) is 59.2 Å². The first-order chi connectivity index (χ1) is 19.3. The number of amides is 2. The van der Waals surface area contributed by atoms with Gasteiger partial charge >= 0.3 is 0 Å². The van der Waals surface area contributed by atoms with Gasteiger partial charge in [0.05, 0.1) is 27.9 Å². The molecule has 10 nitrogen and oxygen atoms in total. The Morgan fingerprint density at radius 1 is 0.950 bits per heavy atom. The van der Waals surface area contributed by atoms with Crippen LogP contribution >= 0.6 is 0 Å². The normalized spacial score (nSPS) is 16.3. The molecule has 1 saturated heterocycles. The van der Waals surface area contributed by atoms with Gasteiger partial charge in [0.25, 0.3) is 15.9 Å². The number of nitrogens with one attached hydrogen (secondary N) is 2. The third-order valence-electron chi connectivity index (χ3n) is 6.46. The van der Waals surface area contributed by atoms with Crippen LogP contribution in [0.5, 0.6) is 11.5 Å². The van der Waals surface area contributed by atoms with Crippen LogP contribution in [0.25, 0.3) is 0 Å². The highest BCUT2D eigenvalue weighted by Crippen LogP contribution is 2.34. The predicted molar refractivity (Wildman–Crippen MR) is 145 cm³/mol. The Morgan fingerprint density at radius 3 is 2.45 bits per heavy atom. The van der Waals surface area contributed by atoms with E-state index in [1.165, 1.54) is 30.3 Å². The van der Waals surface area contributed by atoms with Crippen molar-refractivity contribution >= 4 is 33.2 Å². The van der Waals surface area contributed by atoms with Gasteiger partial charge in [-0.2, -0.15) is 0 Å². The molecule has 2 aliphatic rings. The number of rotatable bonds is 9. The SMILES string of the molecule is O=C(CN(c1ccc(F)cc1)S(=O)(=O)c1ccc2c(c1)OCCO2)Nc1ccccc1C(=O)NC[C@H]1CCCO1. The zero-order chi connectivity index (χ0) is 28.1. The van der Waals surface area contributed by atoms with Gasteiger partial charge in [-0.25, -0.2) is 12.8 Å². The molecular formula is C28H28FN3O7S. The molecule has 0 unspecified atom stereocenters. The van der Waals surface area contributed by atoms with Gasteiger partial charge in [-0.3, -0.25) is 13.9 Å². The number of hydrogen-bond donors (Lipinski definition) is 2. The first-order valence-electron chi connectivity index (χ1n) is 12.8. The number of ether oxygens (including phenoxy) is 3. The van der Waals surface area contributed by atoms with E-state index in [0.29, 0.717) is 25.5 Å². The summed E-state index contributed by atoms with van der Waals surface area (Å²) in [6.07, 6.45) is 1.74. The van der Waals surface area contributed by atoms with Gasteiger partial charge in [0.15, 0.2) is 11.5 Å². The lowest BCUT2D eigenvalue weighted by molar-refractivity contribution is -0.114. The van der Waals surface area contributed by atoms with E-state index in [-0.39, 0.29) is 40.3 Å². The molecule has 1 atom stereocenters. The summed E-state index contributed by atoms with van der Waals surface area (Å²) in [6.45, 7) is 0.963.